The van der Waals surface area contributed by atoms with E-state index < -0.39 is 96.1 Å². The minimum absolute atomic E-state index is 0.0208. The van der Waals surface area contributed by atoms with E-state index in [1.54, 1.807) is 37.7 Å². The summed E-state index contributed by atoms with van der Waals surface area (Å²) < 4.78 is 0. The molecule has 0 spiro atoms. The standard InChI is InChI=1S/C9H11NO3.C9H11NO2.C6H12N2O4S2.2C6H13NO2.C5H11NO2S.C5H11NO2/c10-8(9(12)13)5-6-1-3-7(11)4-2-6;10-8(9(11)12)6-7-4-2-1-3-5-7;7-3(5(9)10)1-13-14-2-4(8)6(11)12;1-4(2)3-5(7)6(8)9;1-3-4(2)5(7)6(8)9;1-9-3-2-4(6)5(7)8;1-3(2)4(6)5(7)8/h1-4,8,11H,5,10H2,(H,12,13);1-5,8H,6,10H2,(H,11,12);3-4H,1-2,7-8H2,(H,9,10)(H,11,12);2*4-5H,3,7H2,1-2H3,(H,8,9);4H,2-3,6H2,1H3,(H,7,8);3-4H,6H2,1-2H3,(H,7,8). The molecule has 2 aromatic carbocycles. The molecule has 74 heavy (non-hydrogen) atoms. The second kappa shape index (κ2) is 46.3. The lowest BCUT2D eigenvalue weighted by Crippen LogP contribution is -2.36. The highest BCUT2D eigenvalue weighted by Gasteiger charge is 2.18. The molecule has 426 valence electrons. The molecule has 25 N–H and O–H groups in total. The molecule has 0 aliphatic heterocycles. The van der Waals surface area contributed by atoms with Gasteiger partial charge >= 0.3 is 47.8 Å². The van der Waals surface area contributed by atoms with Crippen molar-refractivity contribution >= 4 is 81.1 Å². The maximum Gasteiger partial charge on any atom is 0.321 e. The molecule has 0 aromatic heterocycles. The fourth-order valence-corrected chi connectivity index (χ4v) is 6.79. The Hall–Kier alpha value is -5.27. The van der Waals surface area contributed by atoms with Gasteiger partial charge in [-0.3, -0.25) is 38.4 Å². The number of rotatable bonds is 25. The number of carbonyl (C=O) groups is 8. The summed E-state index contributed by atoms with van der Waals surface area (Å²) >= 11 is 1.60. The van der Waals surface area contributed by atoms with E-state index in [1.807, 2.05) is 64.3 Å². The predicted octanol–water partition coefficient (Wildman–Crippen LogP) is 1.27. The molecule has 0 heterocycles. The van der Waals surface area contributed by atoms with Crippen LogP contribution in [-0.2, 0) is 51.2 Å². The van der Waals surface area contributed by atoms with Crippen molar-refractivity contribution in [3.63, 3.8) is 0 Å². The molecule has 0 radical (unpaired) electrons. The first-order valence-electron chi connectivity index (χ1n) is 22.5. The smallest absolute Gasteiger partial charge is 0.321 e. The summed E-state index contributed by atoms with van der Waals surface area (Å²) in [6.45, 7) is 11.2. The Morgan fingerprint density at radius 3 is 1.07 bits per heavy atom. The number of phenols is 1. The van der Waals surface area contributed by atoms with Crippen molar-refractivity contribution in [3.8, 4) is 5.75 Å². The first-order valence-corrected chi connectivity index (χ1v) is 26.4. The molecule has 28 heteroatoms. The van der Waals surface area contributed by atoms with Gasteiger partial charge in [0.05, 0.1) is 0 Å². The second-order valence-corrected chi connectivity index (χ2v) is 20.1. The van der Waals surface area contributed by atoms with E-state index in [2.05, 4.69) is 0 Å². The van der Waals surface area contributed by atoms with Crippen molar-refractivity contribution in [1.29, 1.82) is 0 Å². The summed E-state index contributed by atoms with van der Waals surface area (Å²) in [5.41, 5.74) is 43.7. The number of hydrogen-bond acceptors (Lipinski definition) is 20. The monoisotopic (exact) mass is 1110 g/mol. The van der Waals surface area contributed by atoms with Crippen molar-refractivity contribution in [2.45, 2.75) is 122 Å². The molecule has 0 amide bonds. The van der Waals surface area contributed by atoms with Crippen LogP contribution < -0.4 is 45.9 Å². The van der Waals surface area contributed by atoms with Crippen LogP contribution >= 0.6 is 33.3 Å². The van der Waals surface area contributed by atoms with Gasteiger partial charge in [0.25, 0.3) is 0 Å². The predicted molar refractivity (Wildman–Crippen MR) is 289 cm³/mol. The number of carboxylic acid groups (broad SMARTS) is 8. The Balaban J connectivity index is -0.000000253. The average molecular weight is 1120 g/mol. The average Bonchev–Trinajstić information content (AvgIpc) is 3.32. The third-order valence-electron chi connectivity index (χ3n) is 9.08. The second-order valence-electron chi connectivity index (χ2n) is 16.6. The maximum atomic E-state index is 10.4. The van der Waals surface area contributed by atoms with Crippen LogP contribution in [0.3, 0.4) is 0 Å². The summed E-state index contributed by atoms with van der Waals surface area (Å²) in [6, 6.07) is 9.34. The van der Waals surface area contributed by atoms with Crippen LogP contribution in [0, 0.1) is 17.8 Å². The quantitative estimate of drug-likeness (QED) is 0.0492. The highest BCUT2D eigenvalue weighted by atomic mass is 33.1. The van der Waals surface area contributed by atoms with Crippen molar-refractivity contribution in [2.75, 3.05) is 23.5 Å². The number of phenolic OH excluding ortho intramolecular Hbond substituents is 1. The maximum absolute atomic E-state index is 10.4. The molecular weight excluding hydrogens is 1030 g/mol. The van der Waals surface area contributed by atoms with Gasteiger partial charge in [-0.25, -0.2) is 0 Å². The number of benzene rings is 2. The van der Waals surface area contributed by atoms with Crippen molar-refractivity contribution in [2.24, 2.45) is 63.6 Å². The van der Waals surface area contributed by atoms with Gasteiger partial charge in [0.2, 0.25) is 0 Å². The summed E-state index contributed by atoms with van der Waals surface area (Å²) in [5.74, 6) is -5.91. The zero-order valence-electron chi connectivity index (χ0n) is 42.8. The van der Waals surface area contributed by atoms with E-state index >= 15 is 0 Å². The number of aromatic hydroxyl groups is 1. The van der Waals surface area contributed by atoms with Gasteiger partial charge in [-0.05, 0) is 78.7 Å². The SMILES string of the molecule is CC(C)C(N)C(=O)O.CC(C)CC(N)C(=O)O.CCC(C)C(N)C(=O)O.CSCCC(N)C(=O)O.NC(CSSCC(N)C(=O)O)C(=O)O.NC(Cc1ccc(O)cc1)C(=O)O.NC(Cc1ccccc1)C(=O)O. The number of carboxylic acids is 8. The summed E-state index contributed by atoms with van der Waals surface area (Å²) in [7, 11) is 2.41. The van der Waals surface area contributed by atoms with Gasteiger partial charge in [0.1, 0.15) is 54.1 Å². The Kier molecular flexibility index (Phi) is 48.5. The van der Waals surface area contributed by atoms with Crippen LogP contribution in [0.1, 0.15) is 71.9 Å². The van der Waals surface area contributed by atoms with E-state index in [1.165, 1.54) is 33.7 Å². The molecule has 0 aliphatic rings. The van der Waals surface area contributed by atoms with E-state index in [0.717, 1.165) is 23.3 Å². The summed E-state index contributed by atoms with van der Waals surface area (Å²) in [6.07, 6.45) is 4.50. The number of thioether (sulfide) groups is 1. The first kappa shape index (κ1) is 77.6. The van der Waals surface area contributed by atoms with Crippen molar-refractivity contribution in [1.82, 2.24) is 0 Å². The Morgan fingerprint density at radius 1 is 0.473 bits per heavy atom. The van der Waals surface area contributed by atoms with Gasteiger partial charge in [-0.15, -0.1) is 0 Å². The third-order valence-corrected chi connectivity index (χ3v) is 12.2. The van der Waals surface area contributed by atoms with Gasteiger partial charge in [0.15, 0.2) is 0 Å². The van der Waals surface area contributed by atoms with Crippen molar-refractivity contribution in [3.05, 3.63) is 65.7 Å². The zero-order chi connectivity index (χ0) is 58.8. The molecule has 2 aromatic rings. The lowest BCUT2D eigenvalue weighted by atomic mass is 10.0. The molecule has 0 fully saturated rings. The third kappa shape index (κ3) is 47.7. The van der Waals surface area contributed by atoms with Crippen LogP contribution in [0.2, 0.25) is 0 Å². The van der Waals surface area contributed by atoms with Gasteiger partial charge < -0.3 is 91.8 Å². The number of aliphatic carboxylic acids is 8. The van der Waals surface area contributed by atoms with E-state index in [4.69, 9.17) is 91.8 Å². The highest BCUT2D eigenvalue weighted by Crippen LogP contribution is 2.22. The molecule has 2 rings (SSSR count). The molecule has 25 nitrogen and oxygen atoms in total. The fourth-order valence-electron chi connectivity index (χ4n) is 4.07. The Bertz CT molecular complexity index is 1860. The van der Waals surface area contributed by atoms with Gasteiger partial charge in [0, 0.05) is 11.5 Å². The highest BCUT2D eigenvalue weighted by molar-refractivity contribution is 8.76. The lowest BCUT2D eigenvalue weighted by Gasteiger charge is -2.11. The Labute approximate surface area is 444 Å². The largest absolute Gasteiger partial charge is 0.508 e. The Morgan fingerprint density at radius 2 is 0.824 bits per heavy atom. The molecule has 9 unspecified atom stereocenters. The molecule has 9 atom stereocenters. The fraction of sp³-hybridized carbons (Fsp3) is 0.565. The van der Waals surface area contributed by atoms with Gasteiger partial charge in [-0.2, -0.15) is 11.8 Å². The van der Waals surface area contributed by atoms with Crippen LogP contribution in [-0.4, -0.2) is 166 Å². The van der Waals surface area contributed by atoms with Crippen LogP contribution in [0.15, 0.2) is 54.6 Å². The lowest BCUT2D eigenvalue weighted by molar-refractivity contribution is -0.140. The minimum atomic E-state index is -1.07. The first-order chi connectivity index (χ1) is 34.1. The minimum Gasteiger partial charge on any atom is -0.508 e. The van der Waals surface area contributed by atoms with Crippen LogP contribution in [0.4, 0.5) is 0 Å². The van der Waals surface area contributed by atoms with Crippen LogP contribution in [0.5, 0.6) is 5.75 Å². The summed E-state index contributed by atoms with van der Waals surface area (Å²) in [4.78, 5) is 81.7. The van der Waals surface area contributed by atoms with E-state index in [-0.39, 0.29) is 35.5 Å². The molecule has 0 aliphatic carbocycles. The van der Waals surface area contributed by atoms with E-state index in [0.29, 0.717) is 25.2 Å². The zero-order valence-corrected chi connectivity index (χ0v) is 45.3. The van der Waals surface area contributed by atoms with Gasteiger partial charge in [-0.1, -0.05) is 112 Å². The normalized spacial score (nSPS) is 13.8. The molecule has 0 saturated carbocycles. The van der Waals surface area contributed by atoms with Crippen molar-refractivity contribution < 1.29 is 84.3 Å². The molecule has 0 bridgehead atoms. The van der Waals surface area contributed by atoms with E-state index in [9.17, 15) is 38.4 Å². The number of hydrogen-bond donors (Lipinski definition) is 17. The summed E-state index contributed by atoms with van der Waals surface area (Å²) in [5, 5.41) is 76.0. The molecular formula is C46H82N8O17S3. The number of nitrogens with two attached hydrogens (primary N) is 8. The molecule has 0 saturated heterocycles. The van der Waals surface area contributed by atoms with Crippen LogP contribution in [0.25, 0.3) is 0 Å². The topological polar surface area (TPSA) is 527 Å².